The van der Waals surface area contributed by atoms with Gasteiger partial charge in [0, 0.05) is 33.2 Å². The molecule has 2 heterocycles. The van der Waals surface area contributed by atoms with E-state index in [1.807, 2.05) is 6.07 Å². The number of rotatable bonds is 10. The molecular formula is C62H50N4. The van der Waals surface area contributed by atoms with Gasteiger partial charge in [0.2, 0.25) is 0 Å². The van der Waals surface area contributed by atoms with E-state index in [1.165, 1.54) is 52.6 Å². The molecule has 2 aliphatic carbocycles. The zero-order valence-corrected chi connectivity index (χ0v) is 37.0. The first-order valence-corrected chi connectivity index (χ1v) is 23.4. The highest BCUT2D eigenvalue weighted by atomic mass is 14.9. The number of nitrogens with zero attached hydrogens (tertiary/aromatic N) is 4. The van der Waals surface area contributed by atoms with Crippen LogP contribution in [0.1, 0.15) is 61.8 Å². The lowest BCUT2D eigenvalue weighted by Crippen LogP contribution is -2.30. The minimum atomic E-state index is -0.0974. The van der Waals surface area contributed by atoms with Crippen LogP contribution in [0.5, 0.6) is 0 Å². The quantitative estimate of drug-likeness (QED) is 0.138. The Labute approximate surface area is 388 Å². The normalized spacial score (nSPS) is 14.4. The molecule has 1 fully saturated rings. The van der Waals surface area contributed by atoms with Crippen LogP contribution in [0.2, 0.25) is 0 Å². The number of allylic oxidation sites excluding steroid dienone is 4. The van der Waals surface area contributed by atoms with E-state index in [0.29, 0.717) is 0 Å². The molecule has 318 valence electrons. The largest absolute Gasteiger partial charge is 0.228 e. The maximum absolute atomic E-state index is 5.22. The summed E-state index contributed by atoms with van der Waals surface area (Å²) >= 11 is 0. The van der Waals surface area contributed by atoms with Crippen LogP contribution in [-0.2, 0) is 5.41 Å². The van der Waals surface area contributed by atoms with Gasteiger partial charge in [-0.05, 0) is 76.8 Å². The van der Waals surface area contributed by atoms with E-state index in [9.17, 15) is 0 Å². The first kappa shape index (κ1) is 40.9. The van der Waals surface area contributed by atoms with Crippen molar-refractivity contribution in [3.8, 4) is 78.8 Å². The van der Waals surface area contributed by atoms with Gasteiger partial charge in [-0.1, -0.05) is 226 Å². The Balaban J connectivity index is 0.916. The van der Waals surface area contributed by atoms with Crippen LogP contribution in [0.3, 0.4) is 0 Å². The van der Waals surface area contributed by atoms with E-state index in [4.69, 9.17) is 19.9 Å². The predicted octanol–water partition coefficient (Wildman–Crippen LogP) is 15.9. The first-order valence-electron chi connectivity index (χ1n) is 23.4. The van der Waals surface area contributed by atoms with Gasteiger partial charge in [-0.2, -0.15) is 0 Å². The van der Waals surface area contributed by atoms with Crippen LogP contribution in [0.4, 0.5) is 0 Å². The van der Waals surface area contributed by atoms with Crippen LogP contribution in [0, 0.1) is 0 Å². The number of benzene rings is 7. The predicted molar refractivity (Wildman–Crippen MR) is 272 cm³/mol. The molecular weight excluding hydrogens is 801 g/mol. The lowest BCUT2D eigenvalue weighted by Gasteiger charge is -2.39. The molecule has 66 heavy (non-hydrogen) atoms. The zero-order chi connectivity index (χ0) is 44.1. The van der Waals surface area contributed by atoms with Crippen LogP contribution in [-0.4, -0.2) is 19.9 Å². The first-order chi connectivity index (χ1) is 32.6. The second-order valence-corrected chi connectivity index (χ2v) is 17.6. The van der Waals surface area contributed by atoms with Crippen molar-refractivity contribution in [2.24, 2.45) is 0 Å². The van der Waals surface area contributed by atoms with Crippen molar-refractivity contribution in [3.63, 3.8) is 0 Å². The lowest BCUT2D eigenvalue weighted by molar-refractivity contribution is 0.346. The Bertz CT molecular complexity index is 3150. The van der Waals surface area contributed by atoms with Crippen molar-refractivity contribution < 1.29 is 0 Å². The highest BCUT2D eigenvalue weighted by molar-refractivity contribution is 5.78. The molecule has 4 nitrogen and oxygen atoms in total. The topological polar surface area (TPSA) is 51.6 Å². The smallest absolute Gasteiger partial charge is 0.160 e. The van der Waals surface area contributed by atoms with Gasteiger partial charge >= 0.3 is 0 Å². The fourth-order valence-corrected chi connectivity index (χ4v) is 9.86. The molecule has 0 radical (unpaired) electrons. The molecule has 11 rings (SSSR count). The van der Waals surface area contributed by atoms with Crippen molar-refractivity contribution in [2.75, 3.05) is 0 Å². The number of aromatic nitrogens is 4. The van der Waals surface area contributed by atoms with Crippen LogP contribution >= 0.6 is 0 Å². The van der Waals surface area contributed by atoms with E-state index < -0.39 is 0 Å². The Kier molecular flexibility index (Phi) is 11.4. The van der Waals surface area contributed by atoms with Gasteiger partial charge < -0.3 is 0 Å². The highest BCUT2D eigenvalue weighted by Gasteiger charge is 2.36. The van der Waals surface area contributed by atoms with Gasteiger partial charge in [0.05, 0.1) is 22.8 Å². The molecule has 1 saturated carbocycles. The minimum absolute atomic E-state index is 0.0974. The number of hydrogen-bond donors (Lipinski definition) is 0. The van der Waals surface area contributed by atoms with Gasteiger partial charge in [0.1, 0.15) is 0 Å². The molecule has 2 aromatic heterocycles. The molecule has 0 atom stereocenters. The molecule has 0 bridgehead atoms. The third-order valence-corrected chi connectivity index (χ3v) is 13.5. The average Bonchev–Trinajstić information content (AvgIpc) is 3.42. The molecule has 4 heteroatoms. The van der Waals surface area contributed by atoms with E-state index in [-0.39, 0.29) is 5.41 Å². The summed E-state index contributed by atoms with van der Waals surface area (Å²) in [5.41, 5.74) is 17.4. The van der Waals surface area contributed by atoms with Crippen LogP contribution < -0.4 is 0 Å². The van der Waals surface area contributed by atoms with Crippen molar-refractivity contribution in [1.82, 2.24) is 19.9 Å². The maximum Gasteiger partial charge on any atom is 0.160 e. The summed E-state index contributed by atoms with van der Waals surface area (Å²) < 4.78 is 0. The summed E-state index contributed by atoms with van der Waals surface area (Å²) in [5.74, 6) is 1.47. The maximum atomic E-state index is 5.22. The van der Waals surface area contributed by atoms with Gasteiger partial charge in [0.15, 0.2) is 11.6 Å². The van der Waals surface area contributed by atoms with Crippen LogP contribution in [0.15, 0.2) is 218 Å². The molecule has 0 unspecified atom stereocenters. The molecule has 0 spiro atoms. The summed E-state index contributed by atoms with van der Waals surface area (Å²) in [7, 11) is 0. The fraction of sp³-hybridized carbons (Fsp3) is 0.129. The number of hydrogen-bond acceptors (Lipinski definition) is 4. The van der Waals surface area contributed by atoms with E-state index >= 15 is 0 Å². The van der Waals surface area contributed by atoms with Gasteiger partial charge in [-0.15, -0.1) is 0 Å². The second-order valence-electron chi connectivity index (χ2n) is 17.6. The summed E-state index contributed by atoms with van der Waals surface area (Å²) in [4.78, 5) is 20.8. The van der Waals surface area contributed by atoms with Crippen LogP contribution in [0.25, 0.3) is 84.4 Å². The molecule has 0 saturated heterocycles. The zero-order valence-electron chi connectivity index (χ0n) is 37.0. The van der Waals surface area contributed by atoms with Crippen molar-refractivity contribution in [2.45, 2.75) is 50.4 Å². The Morgan fingerprint density at radius 2 is 0.682 bits per heavy atom. The highest BCUT2D eigenvalue weighted by Crippen LogP contribution is 2.46. The Morgan fingerprint density at radius 3 is 1.12 bits per heavy atom. The van der Waals surface area contributed by atoms with Crippen molar-refractivity contribution in [1.29, 1.82) is 0 Å². The second kappa shape index (κ2) is 18.3. The van der Waals surface area contributed by atoms with Crippen molar-refractivity contribution in [3.05, 3.63) is 235 Å². The van der Waals surface area contributed by atoms with Gasteiger partial charge in [-0.25, -0.2) is 19.9 Å². The van der Waals surface area contributed by atoms with Crippen molar-refractivity contribution >= 4 is 5.57 Å². The third kappa shape index (κ3) is 8.46. The summed E-state index contributed by atoms with van der Waals surface area (Å²) in [5, 5.41) is 0. The molecule has 9 aromatic rings. The lowest BCUT2D eigenvalue weighted by atomic mass is 9.65. The third-order valence-electron chi connectivity index (χ3n) is 13.5. The van der Waals surface area contributed by atoms with Gasteiger partial charge in [-0.3, -0.25) is 0 Å². The fourth-order valence-electron chi connectivity index (χ4n) is 9.86. The van der Waals surface area contributed by atoms with Gasteiger partial charge in [0.25, 0.3) is 0 Å². The minimum Gasteiger partial charge on any atom is -0.228 e. The molecule has 0 N–H and O–H groups in total. The average molecular weight is 851 g/mol. The standard InChI is InChI=1S/C62H50N4/c1-6-16-44(17-7-1)46-24-28-50(29-25-46)58-42-56(48-20-10-3-11-21-48)63-60(65-58)52-32-36-54(37-33-52)62(40-14-5-15-41-62)55-38-34-53(35-39-55)61-64-57(49-22-12-4-13-23-49)43-59(66-61)51-30-26-47(27-31-51)45-18-8-2-9-19-45/h1-3,6-12,16-39,42-43H,4-5,13-15,40-41H2. The van der Waals surface area contributed by atoms with E-state index in [1.54, 1.807) is 0 Å². The SMILES string of the molecule is C1=CC(c2cc(-c3ccc(-c4ccccc4)cc3)nc(-c3ccc(C4(c5ccc(-c6nc(-c7ccccc7)cc(-c7ccc(-c8ccccc8)cc7)n6)cc5)CCCCC4)cc3)n2)=CCC1. The van der Waals surface area contributed by atoms with E-state index in [0.717, 1.165) is 93.5 Å². The molecule has 0 aliphatic heterocycles. The summed E-state index contributed by atoms with van der Waals surface area (Å²) in [6.45, 7) is 0. The molecule has 7 aromatic carbocycles. The Morgan fingerprint density at radius 1 is 0.318 bits per heavy atom. The summed E-state index contributed by atoms with van der Waals surface area (Å²) in [6, 6.07) is 71.4. The molecule has 0 amide bonds. The molecule has 2 aliphatic rings. The summed E-state index contributed by atoms with van der Waals surface area (Å²) in [6.07, 6.45) is 14.7. The monoisotopic (exact) mass is 850 g/mol. The van der Waals surface area contributed by atoms with E-state index in [2.05, 4.69) is 212 Å². The Hall–Kier alpha value is -7.82.